The number of thiol groups is 1. The van der Waals surface area contributed by atoms with Gasteiger partial charge in [0.2, 0.25) is 5.91 Å². The zero-order valence-corrected chi connectivity index (χ0v) is 17.0. The molecule has 2 fully saturated rings. The van der Waals surface area contributed by atoms with E-state index in [4.69, 9.17) is 4.74 Å². The summed E-state index contributed by atoms with van der Waals surface area (Å²) >= 11 is 4.62. The Morgan fingerprint density at radius 1 is 1.31 bits per heavy atom. The van der Waals surface area contributed by atoms with Crippen molar-refractivity contribution in [3.8, 4) is 0 Å². The van der Waals surface area contributed by atoms with Gasteiger partial charge in [0.25, 0.3) is 0 Å². The van der Waals surface area contributed by atoms with Crippen LogP contribution in [0.1, 0.15) is 37.2 Å². The molecule has 4 rings (SSSR count). The third kappa shape index (κ3) is 3.82. The van der Waals surface area contributed by atoms with Crippen molar-refractivity contribution in [2.45, 2.75) is 43.1 Å². The monoisotopic (exact) mass is 427 g/mol. The lowest BCUT2D eigenvalue weighted by molar-refractivity contribution is -0.121. The topological polar surface area (TPSA) is 44.8 Å². The molecule has 3 aliphatic heterocycles. The number of nitrogens with zero attached hydrogens (tertiary/aromatic N) is 2. The minimum atomic E-state index is -1.12. The Morgan fingerprint density at radius 3 is 2.79 bits per heavy atom. The summed E-state index contributed by atoms with van der Waals surface area (Å²) in [6.45, 7) is 1.55. The number of halogens is 3. The number of ether oxygens (including phenoxy) is 1. The molecule has 9 heteroatoms. The van der Waals surface area contributed by atoms with Crippen LogP contribution >= 0.6 is 12.6 Å². The fourth-order valence-corrected chi connectivity index (χ4v) is 4.82. The van der Waals surface area contributed by atoms with Crippen molar-refractivity contribution in [1.82, 2.24) is 15.1 Å². The molecule has 5 nitrogen and oxygen atoms in total. The molecule has 1 aromatic carbocycles. The predicted molar refractivity (Wildman–Crippen MR) is 105 cm³/mol. The van der Waals surface area contributed by atoms with Gasteiger partial charge in [0.15, 0.2) is 11.6 Å². The maximum atomic E-state index is 14.3. The zero-order chi connectivity index (χ0) is 20.7. The van der Waals surface area contributed by atoms with Gasteiger partial charge in [-0.1, -0.05) is 0 Å². The number of benzene rings is 1. The molecule has 2 saturated heterocycles. The quantitative estimate of drug-likeness (QED) is 0.560. The van der Waals surface area contributed by atoms with E-state index in [1.165, 1.54) is 0 Å². The van der Waals surface area contributed by atoms with Gasteiger partial charge in [-0.2, -0.15) is 0 Å². The molecule has 0 radical (unpaired) electrons. The van der Waals surface area contributed by atoms with E-state index in [0.29, 0.717) is 39.0 Å². The van der Waals surface area contributed by atoms with Crippen molar-refractivity contribution in [1.29, 1.82) is 0 Å². The van der Waals surface area contributed by atoms with Gasteiger partial charge in [-0.15, -0.1) is 12.6 Å². The van der Waals surface area contributed by atoms with E-state index in [1.807, 2.05) is 16.8 Å². The Balaban J connectivity index is 1.49. The number of allylic oxidation sites excluding steroid dienone is 2. The van der Waals surface area contributed by atoms with E-state index in [-0.39, 0.29) is 23.0 Å². The Morgan fingerprint density at radius 2 is 2.07 bits per heavy atom. The van der Waals surface area contributed by atoms with Gasteiger partial charge in [-0.25, -0.2) is 13.2 Å². The SMILES string of the molecule is CN1C(CCC(=O)N[C@@H]2CCOC2)=C2C[C@H](c3c(F)ccc(F)c3F)CN2C1S. The normalized spacial score (nSPS) is 26.4. The first-order chi connectivity index (χ1) is 13.9. The summed E-state index contributed by atoms with van der Waals surface area (Å²) in [5, 5.41) is 2.97. The number of hydrogen-bond donors (Lipinski definition) is 2. The van der Waals surface area contributed by atoms with Crippen LogP contribution in [0, 0.1) is 17.5 Å². The molecule has 1 amide bonds. The molecule has 158 valence electrons. The van der Waals surface area contributed by atoms with Gasteiger partial charge in [0, 0.05) is 49.5 Å². The number of carbonyl (C=O) groups excluding carboxylic acids is 1. The minimum absolute atomic E-state index is 0.0482. The van der Waals surface area contributed by atoms with Crippen molar-refractivity contribution >= 4 is 18.5 Å². The highest BCUT2D eigenvalue weighted by Crippen LogP contribution is 2.45. The zero-order valence-electron chi connectivity index (χ0n) is 16.1. The third-order valence-electron chi connectivity index (χ3n) is 5.96. The Hall–Kier alpha value is -1.87. The van der Waals surface area contributed by atoms with Crippen LogP contribution in [0.5, 0.6) is 0 Å². The van der Waals surface area contributed by atoms with Gasteiger partial charge in [0.1, 0.15) is 11.3 Å². The molecule has 0 bridgehead atoms. The smallest absolute Gasteiger partial charge is 0.220 e. The number of carbonyl (C=O) groups is 1. The largest absolute Gasteiger partial charge is 0.379 e. The molecule has 3 heterocycles. The lowest BCUT2D eigenvalue weighted by Crippen LogP contribution is -2.35. The fraction of sp³-hybridized carbons (Fsp3) is 0.550. The highest BCUT2D eigenvalue weighted by atomic mass is 32.1. The number of amides is 1. The van der Waals surface area contributed by atoms with Gasteiger partial charge in [-0.3, -0.25) is 4.79 Å². The first-order valence-electron chi connectivity index (χ1n) is 9.77. The van der Waals surface area contributed by atoms with Crippen molar-refractivity contribution < 1.29 is 22.7 Å². The van der Waals surface area contributed by atoms with Gasteiger partial charge < -0.3 is 19.9 Å². The summed E-state index contributed by atoms with van der Waals surface area (Å²) in [5.74, 6) is -3.45. The summed E-state index contributed by atoms with van der Waals surface area (Å²) in [7, 11) is 1.89. The molecule has 3 aliphatic rings. The van der Waals surface area contributed by atoms with E-state index >= 15 is 0 Å². The molecular weight excluding hydrogens is 403 g/mol. The van der Waals surface area contributed by atoms with Crippen LogP contribution < -0.4 is 5.32 Å². The molecule has 29 heavy (non-hydrogen) atoms. The molecule has 0 spiro atoms. The molecular formula is C20H24F3N3O2S. The summed E-state index contributed by atoms with van der Waals surface area (Å²) in [6, 6.07) is 1.83. The second-order valence-corrected chi connectivity index (χ2v) is 8.25. The minimum Gasteiger partial charge on any atom is -0.379 e. The van der Waals surface area contributed by atoms with Gasteiger partial charge >= 0.3 is 0 Å². The molecule has 1 aromatic rings. The molecule has 0 saturated carbocycles. The van der Waals surface area contributed by atoms with Gasteiger partial charge in [-0.05, 0) is 31.4 Å². The summed E-state index contributed by atoms with van der Waals surface area (Å²) in [6.07, 6.45) is 2.01. The van der Waals surface area contributed by atoms with Crippen LogP contribution in [0.15, 0.2) is 23.5 Å². The molecule has 3 atom stereocenters. The van der Waals surface area contributed by atoms with Crippen LogP contribution in [0.25, 0.3) is 0 Å². The second-order valence-electron chi connectivity index (χ2n) is 7.79. The summed E-state index contributed by atoms with van der Waals surface area (Å²) < 4.78 is 47.4. The molecule has 0 aromatic heterocycles. The molecule has 0 aliphatic carbocycles. The van der Waals surface area contributed by atoms with Crippen molar-refractivity contribution in [2.24, 2.45) is 0 Å². The van der Waals surface area contributed by atoms with E-state index in [1.54, 1.807) is 0 Å². The third-order valence-corrected chi connectivity index (χ3v) is 6.58. The van der Waals surface area contributed by atoms with Crippen LogP contribution in [-0.4, -0.2) is 54.1 Å². The number of rotatable bonds is 5. The standard InChI is InChI=1S/C20H24F3N3O2S/c1-25-15(4-5-17(27)24-12-6-7-28-10-12)16-8-11(9-26(16)20(25)29)18-13(21)2-3-14(22)19(18)23/h2-3,11-12,20,29H,4-10H2,1H3,(H,24,27)/t11-,12+,20?/m0/s1. The Kier molecular flexibility index (Phi) is 5.70. The average molecular weight is 427 g/mol. The Bertz CT molecular complexity index is 845. The summed E-state index contributed by atoms with van der Waals surface area (Å²) in [5.41, 5.74) is 1.35. The van der Waals surface area contributed by atoms with Crippen LogP contribution in [0.4, 0.5) is 13.2 Å². The van der Waals surface area contributed by atoms with Crippen LogP contribution in [0.3, 0.4) is 0 Å². The van der Waals surface area contributed by atoms with Crippen molar-refractivity contribution in [3.05, 3.63) is 46.5 Å². The van der Waals surface area contributed by atoms with Crippen molar-refractivity contribution in [3.63, 3.8) is 0 Å². The number of fused-ring (bicyclic) bond motifs is 1. The van der Waals surface area contributed by atoms with E-state index in [9.17, 15) is 18.0 Å². The molecule has 1 unspecified atom stereocenters. The average Bonchev–Trinajstić information content (AvgIpc) is 3.38. The van der Waals surface area contributed by atoms with E-state index < -0.39 is 23.4 Å². The summed E-state index contributed by atoms with van der Waals surface area (Å²) in [4.78, 5) is 16.2. The van der Waals surface area contributed by atoms with Crippen LogP contribution in [-0.2, 0) is 9.53 Å². The fourth-order valence-electron chi connectivity index (χ4n) is 4.44. The van der Waals surface area contributed by atoms with Gasteiger partial charge in [0.05, 0.1) is 12.6 Å². The Labute approximate surface area is 173 Å². The second kappa shape index (κ2) is 8.10. The molecule has 1 N–H and O–H groups in total. The first kappa shape index (κ1) is 20.4. The highest BCUT2D eigenvalue weighted by Gasteiger charge is 2.42. The number of nitrogens with one attached hydrogen (secondary N) is 1. The van der Waals surface area contributed by atoms with Crippen molar-refractivity contribution in [2.75, 3.05) is 26.8 Å². The van der Waals surface area contributed by atoms with Crippen LogP contribution in [0.2, 0.25) is 0 Å². The highest BCUT2D eigenvalue weighted by molar-refractivity contribution is 7.80. The lowest BCUT2D eigenvalue weighted by Gasteiger charge is -2.27. The van der Waals surface area contributed by atoms with E-state index in [0.717, 1.165) is 29.9 Å². The predicted octanol–water partition coefficient (Wildman–Crippen LogP) is 2.95. The first-order valence-corrected chi connectivity index (χ1v) is 10.3. The number of hydrogen-bond acceptors (Lipinski definition) is 5. The maximum absolute atomic E-state index is 14.3. The lowest BCUT2D eigenvalue weighted by atomic mass is 9.95. The maximum Gasteiger partial charge on any atom is 0.220 e. The van der Waals surface area contributed by atoms with E-state index in [2.05, 4.69) is 17.9 Å².